The number of methoxy groups -OCH3 is 3. The molecule has 0 spiro atoms. The van der Waals surface area contributed by atoms with Crippen molar-refractivity contribution < 1.29 is 23.7 Å². The maximum Gasteiger partial charge on any atom is 0.337 e. The Kier molecular flexibility index (Phi) is 6.70. The molecule has 0 atom stereocenters. The second-order valence-corrected chi connectivity index (χ2v) is 7.21. The average molecular weight is 448 g/mol. The third-order valence-corrected chi connectivity index (χ3v) is 5.04. The topological polar surface area (TPSA) is 66.9 Å². The van der Waals surface area contributed by atoms with Crippen LogP contribution in [0.3, 0.4) is 0 Å². The molecule has 0 saturated heterocycles. The summed E-state index contributed by atoms with van der Waals surface area (Å²) in [6, 6.07) is 8.97. The van der Waals surface area contributed by atoms with E-state index in [-0.39, 0.29) is 6.79 Å². The number of hydrogen-bond donors (Lipinski definition) is 0. The molecule has 28 heavy (non-hydrogen) atoms. The number of carbonyl (C=O) groups excluding carboxylic acids is 1. The molecule has 0 radical (unpaired) electrons. The fourth-order valence-corrected chi connectivity index (χ4v) is 3.28. The summed E-state index contributed by atoms with van der Waals surface area (Å²) in [4.78, 5) is 16.5. The fourth-order valence-electron chi connectivity index (χ4n) is 2.83. The second kappa shape index (κ2) is 9.21. The highest BCUT2D eigenvalue weighted by atomic mass is 79.9. The third kappa shape index (κ3) is 4.72. The Morgan fingerprint density at radius 1 is 1.21 bits per heavy atom. The van der Waals surface area contributed by atoms with Gasteiger partial charge in [-0.25, -0.2) is 9.78 Å². The largest absolute Gasteiger partial charge is 0.481 e. The minimum absolute atomic E-state index is 0.0747. The molecule has 148 valence electrons. The van der Waals surface area contributed by atoms with Crippen LogP contribution in [0.25, 0.3) is 11.6 Å². The van der Waals surface area contributed by atoms with Crippen molar-refractivity contribution in [3.05, 3.63) is 51.6 Å². The van der Waals surface area contributed by atoms with Crippen LogP contribution in [-0.2, 0) is 9.47 Å². The third-order valence-electron chi connectivity index (χ3n) is 4.40. The highest BCUT2D eigenvalue weighted by Crippen LogP contribution is 2.45. The van der Waals surface area contributed by atoms with E-state index in [1.54, 1.807) is 26.4 Å². The first-order valence-electron chi connectivity index (χ1n) is 8.84. The van der Waals surface area contributed by atoms with Crippen molar-refractivity contribution in [1.29, 1.82) is 0 Å². The number of halogens is 1. The summed E-state index contributed by atoms with van der Waals surface area (Å²) in [5, 5.41) is 0. The van der Waals surface area contributed by atoms with Gasteiger partial charge in [-0.15, -0.1) is 0 Å². The van der Waals surface area contributed by atoms with Crippen molar-refractivity contribution in [3.8, 4) is 11.6 Å². The number of ether oxygens (including phenoxy) is 4. The van der Waals surface area contributed by atoms with Crippen LogP contribution in [0.5, 0.6) is 11.6 Å². The van der Waals surface area contributed by atoms with Gasteiger partial charge in [0.2, 0.25) is 5.88 Å². The van der Waals surface area contributed by atoms with Gasteiger partial charge in [0.1, 0.15) is 5.75 Å². The summed E-state index contributed by atoms with van der Waals surface area (Å²) in [6.07, 6.45) is 4.26. The number of esters is 1. The number of nitrogens with zero attached hydrogens (tertiary/aromatic N) is 1. The van der Waals surface area contributed by atoms with Crippen LogP contribution in [-0.4, -0.2) is 39.1 Å². The normalized spacial score (nSPS) is 13.9. The Balaban J connectivity index is 2.06. The van der Waals surface area contributed by atoms with E-state index in [4.69, 9.17) is 18.9 Å². The Morgan fingerprint density at radius 2 is 2.00 bits per heavy atom. The number of benzene rings is 1. The molecule has 1 aliphatic rings. The van der Waals surface area contributed by atoms with Crippen molar-refractivity contribution in [2.75, 3.05) is 28.1 Å². The van der Waals surface area contributed by atoms with Gasteiger partial charge in [0.25, 0.3) is 0 Å². The van der Waals surface area contributed by atoms with Crippen molar-refractivity contribution in [2.45, 2.75) is 12.8 Å². The van der Waals surface area contributed by atoms with Gasteiger partial charge in [-0.1, -0.05) is 6.07 Å². The molecule has 7 heteroatoms. The molecule has 1 aromatic heterocycles. The van der Waals surface area contributed by atoms with Gasteiger partial charge in [-0.2, -0.15) is 0 Å². The van der Waals surface area contributed by atoms with Crippen LogP contribution in [0.15, 0.2) is 34.8 Å². The molecular weight excluding hydrogens is 426 g/mol. The summed E-state index contributed by atoms with van der Waals surface area (Å²) in [5.74, 6) is 1.10. The average Bonchev–Trinajstić information content (AvgIpc) is 3.56. The van der Waals surface area contributed by atoms with Gasteiger partial charge in [-0.05, 0) is 64.5 Å². The maximum atomic E-state index is 11.9. The van der Waals surface area contributed by atoms with E-state index < -0.39 is 5.97 Å². The lowest BCUT2D eigenvalue weighted by molar-refractivity contribution is 0.0502. The van der Waals surface area contributed by atoms with Gasteiger partial charge in [0.15, 0.2) is 6.79 Å². The number of aromatic nitrogens is 1. The lowest BCUT2D eigenvalue weighted by Gasteiger charge is -2.13. The predicted octanol–water partition coefficient (Wildman–Crippen LogP) is 4.57. The van der Waals surface area contributed by atoms with Crippen LogP contribution >= 0.6 is 15.9 Å². The summed E-state index contributed by atoms with van der Waals surface area (Å²) in [6.45, 7) is 0.0747. The zero-order valence-electron chi connectivity index (χ0n) is 16.0. The van der Waals surface area contributed by atoms with Crippen LogP contribution < -0.4 is 9.47 Å². The van der Waals surface area contributed by atoms with Gasteiger partial charge >= 0.3 is 5.97 Å². The van der Waals surface area contributed by atoms with Crippen molar-refractivity contribution >= 4 is 33.5 Å². The maximum absolute atomic E-state index is 11.9. The minimum Gasteiger partial charge on any atom is -0.481 e. The van der Waals surface area contributed by atoms with E-state index in [2.05, 4.69) is 27.0 Å². The van der Waals surface area contributed by atoms with Gasteiger partial charge in [0.05, 0.1) is 25.5 Å². The monoisotopic (exact) mass is 447 g/mol. The molecule has 0 amide bonds. The minimum atomic E-state index is -0.419. The summed E-state index contributed by atoms with van der Waals surface area (Å²) in [5.41, 5.74) is 3.19. The van der Waals surface area contributed by atoms with E-state index in [1.807, 2.05) is 18.2 Å². The zero-order chi connectivity index (χ0) is 20.1. The van der Waals surface area contributed by atoms with Crippen LogP contribution in [0, 0.1) is 5.92 Å². The number of carbonyl (C=O) groups is 1. The second-order valence-electron chi connectivity index (χ2n) is 6.35. The van der Waals surface area contributed by atoms with Gasteiger partial charge in [-0.3, -0.25) is 0 Å². The van der Waals surface area contributed by atoms with Crippen molar-refractivity contribution in [3.63, 3.8) is 0 Å². The molecule has 0 aliphatic heterocycles. The molecule has 6 nitrogen and oxygen atoms in total. The summed E-state index contributed by atoms with van der Waals surface area (Å²) >= 11 is 3.60. The zero-order valence-corrected chi connectivity index (χ0v) is 17.6. The Bertz CT molecular complexity index is 892. The molecule has 1 fully saturated rings. The van der Waals surface area contributed by atoms with E-state index in [9.17, 15) is 4.79 Å². The van der Waals surface area contributed by atoms with Crippen LogP contribution in [0.4, 0.5) is 0 Å². The summed E-state index contributed by atoms with van der Waals surface area (Å²) < 4.78 is 21.7. The lowest BCUT2D eigenvalue weighted by Crippen LogP contribution is -2.05. The van der Waals surface area contributed by atoms with Gasteiger partial charge < -0.3 is 18.9 Å². The quantitative estimate of drug-likeness (QED) is 0.435. The summed E-state index contributed by atoms with van der Waals surface area (Å²) in [7, 11) is 4.50. The van der Waals surface area contributed by atoms with Crippen LogP contribution in [0.2, 0.25) is 0 Å². The smallest absolute Gasteiger partial charge is 0.337 e. The van der Waals surface area contributed by atoms with Crippen molar-refractivity contribution in [1.82, 2.24) is 4.98 Å². The van der Waals surface area contributed by atoms with Crippen LogP contribution in [0.1, 0.15) is 34.5 Å². The molecule has 1 heterocycles. The standard InChI is InChI=1S/C21H22BrNO5/c1-25-12-28-18-11-15(21(24)27-3)7-6-14(18)10-16(13-4-5-13)20-17(22)8-9-19(23-20)26-2/h6-11,13H,4-5,12H2,1-3H3. The number of allylic oxidation sites excluding steroid dienone is 1. The van der Waals surface area contributed by atoms with Crippen molar-refractivity contribution in [2.24, 2.45) is 5.92 Å². The van der Waals surface area contributed by atoms with E-state index in [0.29, 0.717) is 23.1 Å². The van der Waals surface area contributed by atoms with E-state index >= 15 is 0 Å². The van der Waals surface area contributed by atoms with Gasteiger partial charge in [0, 0.05) is 23.2 Å². The van der Waals surface area contributed by atoms with E-state index in [1.165, 1.54) is 7.11 Å². The molecule has 1 aliphatic carbocycles. The first-order valence-corrected chi connectivity index (χ1v) is 9.63. The molecule has 3 rings (SSSR count). The number of hydrogen-bond acceptors (Lipinski definition) is 6. The first-order chi connectivity index (χ1) is 13.6. The molecule has 0 N–H and O–H groups in total. The highest BCUT2D eigenvalue weighted by Gasteiger charge is 2.29. The number of pyridine rings is 1. The molecular formula is C21H22BrNO5. The SMILES string of the molecule is COCOc1cc(C(=O)OC)ccc1C=C(c1nc(OC)ccc1Br)C1CC1. The Morgan fingerprint density at radius 3 is 2.64 bits per heavy atom. The Hall–Kier alpha value is -2.38. The molecule has 1 aromatic carbocycles. The fraction of sp³-hybridized carbons (Fsp3) is 0.333. The molecule has 1 saturated carbocycles. The lowest BCUT2D eigenvalue weighted by atomic mass is 10.0. The highest BCUT2D eigenvalue weighted by molar-refractivity contribution is 9.10. The first kappa shape index (κ1) is 20.4. The molecule has 0 unspecified atom stereocenters. The predicted molar refractivity (Wildman–Crippen MR) is 109 cm³/mol. The molecule has 0 bridgehead atoms. The Labute approximate surface area is 172 Å². The molecule has 2 aromatic rings. The number of rotatable bonds is 8. The van der Waals surface area contributed by atoms with E-state index in [0.717, 1.165) is 34.1 Å².